The molecule has 7 heteroatoms. The Morgan fingerprint density at radius 1 is 0.771 bits per heavy atom. The van der Waals surface area contributed by atoms with Gasteiger partial charge < -0.3 is 5.73 Å². The molecular formula is C28H22N7+. The molecule has 7 nitrogen and oxygen atoms in total. The number of fused-ring (bicyclic) bond motifs is 1. The summed E-state index contributed by atoms with van der Waals surface area (Å²) >= 11 is 0. The van der Waals surface area contributed by atoms with Crippen LogP contribution in [0.4, 0.5) is 0 Å². The molecule has 0 aliphatic heterocycles. The highest BCUT2D eigenvalue weighted by Crippen LogP contribution is 2.35. The van der Waals surface area contributed by atoms with E-state index in [2.05, 4.69) is 55.5 Å². The molecule has 0 radical (unpaired) electrons. The summed E-state index contributed by atoms with van der Waals surface area (Å²) < 4.78 is 0. The van der Waals surface area contributed by atoms with Crippen LogP contribution in [0.1, 0.15) is 5.56 Å². The van der Waals surface area contributed by atoms with Crippen LogP contribution in [0.2, 0.25) is 0 Å². The van der Waals surface area contributed by atoms with Gasteiger partial charge in [-0.15, -0.1) is 5.10 Å². The highest BCUT2D eigenvalue weighted by Gasteiger charge is 2.20. The minimum absolute atomic E-state index is 0.507. The Bertz CT molecular complexity index is 1610. The van der Waals surface area contributed by atoms with Crippen LogP contribution in [-0.4, -0.2) is 25.1 Å². The molecule has 4 heterocycles. The molecule has 2 aromatic carbocycles. The lowest BCUT2D eigenvalue weighted by atomic mass is 9.96. The van der Waals surface area contributed by atoms with Crippen molar-refractivity contribution in [2.45, 2.75) is 6.54 Å². The maximum Gasteiger partial charge on any atom is 0.325 e. The number of nitrogens with zero attached hydrogens (tertiary/aromatic N) is 4. The normalized spacial score (nSPS) is 11.1. The van der Waals surface area contributed by atoms with Crippen LogP contribution in [0.5, 0.6) is 0 Å². The van der Waals surface area contributed by atoms with Crippen molar-refractivity contribution in [1.82, 2.24) is 25.1 Å². The Morgan fingerprint density at radius 3 is 2.37 bits per heavy atom. The van der Waals surface area contributed by atoms with E-state index in [4.69, 9.17) is 10.7 Å². The second-order valence-electron chi connectivity index (χ2n) is 8.17. The number of nitrogens with one attached hydrogen (secondary N) is 2. The van der Waals surface area contributed by atoms with Gasteiger partial charge >= 0.3 is 5.82 Å². The topological polar surface area (TPSA) is 108 Å². The lowest BCUT2D eigenvalue weighted by Crippen LogP contribution is -2.08. The first-order valence-corrected chi connectivity index (χ1v) is 11.3. The molecule has 6 aromatic rings. The van der Waals surface area contributed by atoms with Gasteiger partial charge in [0.15, 0.2) is 0 Å². The molecule has 4 aromatic heterocycles. The highest BCUT2D eigenvalue weighted by molar-refractivity contribution is 5.97. The third kappa shape index (κ3) is 3.94. The lowest BCUT2D eigenvalue weighted by molar-refractivity contribution is -0.351. The zero-order valence-electron chi connectivity index (χ0n) is 18.8. The molecule has 0 saturated carbocycles. The van der Waals surface area contributed by atoms with Crippen molar-refractivity contribution >= 4 is 10.9 Å². The van der Waals surface area contributed by atoms with Gasteiger partial charge in [-0.1, -0.05) is 60.7 Å². The quantitative estimate of drug-likeness (QED) is 0.391. The molecule has 6 rings (SSSR count). The molecule has 0 atom stereocenters. The number of hydrogen-bond acceptors (Lipinski definition) is 5. The third-order valence-electron chi connectivity index (χ3n) is 5.96. The van der Waals surface area contributed by atoms with Crippen LogP contribution in [0.15, 0.2) is 97.3 Å². The predicted molar refractivity (Wildman–Crippen MR) is 136 cm³/mol. The van der Waals surface area contributed by atoms with Crippen LogP contribution in [0.3, 0.4) is 0 Å². The second-order valence-corrected chi connectivity index (χ2v) is 8.17. The summed E-state index contributed by atoms with van der Waals surface area (Å²) in [6.07, 6.45) is 3.51. The van der Waals surface area contributed by atoms with Crippen molar-refractivity contribution in [3.05, 3.63) is 103 Å². The fourth-order valence-corrected chi connectivity index (χ4v) is 4.17. The SMILES string of the molecule is NCc1ccc(-c2nc3ccnc(-c4[nH]nc(-c5ccccn5)[nH+]4)c3cc2-c2ccccc2)cc1. The van der Waals surface area contributed by atoms with Gasteiger partial charge in [0.2, 0.25) is 0 Å². The summed E-state index contributed by atoms with van der Waals surface area (Å²) in [5.41, 5.74) is 13.3. The molecule has 4 N–H and O–H groups in total. The summed E-state index contributed by atoms with van der Waals surface area (Å²) in [6, 6.07) is 28.3. The number of rotatable bonds is 5. The van der Waals surface area contributed by atoms with E-state index in [1.54, 1.807) is 12.4 Å². The van der Waals surface area contributed by atoms with Gasteiger partial charge in [0.1, 0.15) is 11.4 Å². The fourth-order valence-electron chi connectivity index (χ4n) is 4.17. The van der Waals surface area contributed by atoms with Gasteiger partial charge in [-0.25, -0.2) is 19.9 Å². The van der Waals surface area contributed by atoms with E-state index < -0.39 is 0 Å². The Morgan fingerprint density at radius 2 is 1.60 bits per heavy atom. The van der Waals surface area contributed by atoms with Gasteiger partial charge in [0.25, 0.3) is 5.82 Å². The molecular weight excluding hydrogens is 434 g/mol. The number of benzene rings is 2. The van der Waals surface area contributed by atoms with Crippen molar-refractivity contribution in [2.24, 2.45) is 5.73 Å². The highest BCUT2D eigenvalue weighted by atomic mass is 15.2. The monoisotopic (exact) mass is 456 g/mol. The average Bonchev–Trinajstić information content (AvgIpc) is 3.43. The van der Waals surface area contributed by atoms with E-state index in [0.29, 0.717) is 18.2 Å². The van der Waals surface area contributed by atoms with Gasteiger partial charge in [0, 0.05) is 40.6 Å². The van der Waals surface area contributed by atoms with E-state index >= 15 is 0 Å². The fraction of sp³-hybridized carbons (Fsp3) is 0.0357. The van der Waals surface area contributed by atoms with Gasteiger partial charge in [0.05, 0.1) is 11.2 Å². The van der Waals surface area contributed by atoms with E-state index in [1.165, 1.54) is 0 Å². The Labute approximate surface area is 201 Å². The minimum atomic E-state index is 0.507. The molecule has 0 fully saturated rings. The van der Waals surface area contributed by atoms with E-state index in [1.807, 2.05) is 54.6 Å². The van der Waals surface area contributed by atoms with Crippen LogP contribution >= 0.6 is 0 Å². The van der Waals surface area contributed by atoms with Crippen LogP contribution in [0.25, 0.3) is 56.3 Å². The molecule has 35 heavy (non-hydrogen) atoms. The molecule has 0 aliphatic rings. The first-order valence-electron chi connectivity index (χ1n) is 11.3. The van der Waals surface area contributed by atoms with Crippen LogP contribution in [0, 0.1) is 0 Å². The van der Waals surface area contributed by atoms with Crippen molar-refractivity contribution in [2.75, 3.05) is 0 Å². The van der Waals surface area contributed by atoms with Crippen LogP contribution in [-0.2, 0) is 6.54 Å². The average molecular weight is 457 g/mol. The van der Waals surface area contributed by atoms with Crippen molar-refractivity contribution in [1.29, 1.82) is 0 Å². The van der Waals surface area contributed by atoms with Crippen molar-refractivity contribution in [3.63, 3.8) is 0 Å². The number of aromatic nitrogens is 6. The van der Waals surface area contributed by atoms with Crippen molar-refractivity contribution < 1.29 is 4.98 Å². The Balaban J connectivity index is 1.54. The summed E-state index contributed by atoms with van der Waals surface area (Å²) in [7, 11) is 0. The largest absolute Gasteiger partial charge is 0.326 e. The first-order chi connectivity index (χ1) is 17.3. The smallest absolute Gasteiger partial charge is 0.325 e. The maximum absolute atomic E-state index is 5.81. The number of pyridine rings is 3. The van der Waals surface area contributed by atoms with E-state index in [-0.39, 0.29) is 0 Å². The summed E-state index contributed by atoms with van der Waals surface area (Å²) in [4.78, 5) is 17.5. The molecule has 168 valence electrons. The molecule has 0 spiro atoms. The first kappa shape index (κ1) is 20.8. The van der Waals surface area contributed by atoms with Gasteiger partial charge in [-0.05, 0) is 35.4 Å². The summed E-state index contributed by atoms with van der Waals surface area (Å²) in [6.45, 7) is 0.507. The predicted octanol–water partition coefficient (Wildman–Crippen LogP) is 4.69. The number of H-pyrrole nitrogens is 2. The number of aromatic amines is 2. The van der Waals surface area contributed by atoms with Crippen molar-refractivity contribution in [3.8, 4) is 45.4 Å². The number of nitrogens with two attached hydrogens (primary N) is 1. The molecule has 0 amide bonds. The molecule has 0 saturated heterocycles. The zero-order valence-corrected chi connectivity index (χ0v) is 18.8. The maximum atomic E-state index is 5.81. The third-order valence-corrected chi connectivity index (χ3v) is 5.96. The molecule has 0 aliphatic carbocycles. The standard InChI is InChI=1S/C28H21N7/c29-17-18-9-11-20(12-10-18)25-21(19-6-2-1-3-7-19)16-22-23(32-25)13-15-31-26(22)28-33-27(34-35-28)24-8-4-5-14-30-24/h1-16H,17,29H2,(H,33,34,35)/p+1. The Kier molecular flexibility index (Phi) is 5.29. The lowest BCUT2D eigenvalue weighted by Gasteiger charge is -2.13. The Hall–Kier alpha value is -4.75. The van der Waals surface area contributed by atoms with Gasteiger partial charge in [-0.3, -0.25) is 0 Å². The minimum Gasteiger partial charge on any atom is -0.326 e. The van der Waals surface area contributed by atoms with Gasteiger partial charge in [-0.2, -0.15) is 0 Å². The summed E-state index contributed by atoms with van der Waals surface area (Å²) in [5.74, 6) is 1.34. The van der Waals surface area contributed by atoms with E-state index in [0.717, 1.165) is 50.2 Å². The zero-order chi connectivity index (χ0) is 23.6. The molecule has 0 unspecified atom stereocenters. The van der Waals surface area contributed by atoms with E-state index in [9.17, 15) is 0 Å². The molecule has 0 bridgehead atoms. The number of hydrogen-bond donors (Lipinski definition) is 2. The second kappa shape index (κ2) is 8.89. The van der Waals surface area contributed by atoms with Crippen LogP contribution < -0.4 is 10.7 Å². The summed E-state index contributed by atoms with van der Waals surface area (Å²) in [5, 5.41) is 8.42.